The zero-order chi connectivity index (χ0) is 18.5. The number of esters is 1. The third-order valence-electron chi connectivity index (χ3n) is 3.64. The van der Waals surface area contributed by atoms with Crippen molar-refractivity contribution in [2.45, 2.75) is 33.1 Å². The predicted octanol–water partition coefficient (Wildman–Crippen LogP) is 1.80. The fraction of sp³-hybridized carbons (Fsp3) is 0.500. The van der Waals surface area contributed by atoms with Crippen LogP contribution in [-0.4, -0.2) is 37.9 Å². The molecule has 0 saturated carbocycles. The van der Waals surface area contributed by atoms with Crippen molar-refractivity contribution in [2.24, 2.45) is 16.9 Å². The molecule has 7 nitrogen and oxygen atoms in total. The Morgan fingerprint density at radius 3 is 2.60 bits per heavy atom. The number of nitrogens with two attached hydrogens (primary N) is 1. The van der Waals surface area contributed by atoms with Gasteiger partial charge in [0.2, 0.25) is 0 Å². The maximum atomic E-state index is 11.7. The number of aryl methyl sites for hydroxylation is 1. The number of nitrogens with one attached hydrogen (secondary N) is 2. The Hall–Kier alpha value is -2.57. The molecule has 0 aliphatic carbocycles. The van der Waals surface area contributed by atoms with Crippen LogP contribution in [0.3, 0.4) is 0 Å². The van der Waals surface area contributed by atoms with Crippen molar-refractivity contribution in [3.63, 3.8) is 0 Å². The van der Waals surface area contributed by atoms with E-state index in [0.717, 1.165) is 24.8 Å². The summed E-state index contributed by atoms with van der Waals surface area (Å²) in [5, 5.41) is 8.95. The Morgan fingerprint density at radius 2 is 1.96 bits per heavy atom. The van der Waals surface area contributed by atoms with Gasteiger partial charge in [-0.15, -0.1) is 0 Å². The van der Waals surface area contributed by atoms with Gasteiger partial charge >= 0.3 is 12.0 Å². The Kier molecular flexibility index (Phi) is 9.74. The van der Waals surface area contributed by atoms with Crippen LogP contribution in [0.4, 0.5) is 4.79 Å². The summed E-state index contributed by atoms with van der Waals surface area (Å²) >= 11 is 0. The molecule has 1 unspecified atom stereocenters. The van der Waals surface area contributed by atoms with Crippen molar-refractivity contribution in [3.8, 4) is 0 Å². The molecule has 7 heteroatoms. The van der Waals surface area contributed by atoms with Crippen molar-refractivity contribution in [1.82, 2.24) is 10.6 Å². The number of hydrogen-bond donors (Lipinski definition) is 3. The zero-order valence-corrected chi connectivity index (χ0v) is 15.0. The largest absolute Gasteiger partial charge is 0.466 e. The van der Waals surface area contributed by atoms with Crippen LogP contribution in [0.1, 0.15) is 37.8 Å². The highest BCUT2D eigenvalue weighted by atomic mass is 16.5. The van der Waals surface area contributed by atoms with E-state index in [4.69, 9.17) is 10.6 Å². The van der Waals surface area contributed by atoms with E-state index >= 15 is 0 Å². The molecule has 1 aromatic carbocycles. The highest BCUT2D eigenvalue weighted by Crippen LogP contribution is 2.06. The topological polar surface area (TPSA) is 106 Å². The molecule has 0 bridgehead atoms. The van der Waals surface area contributed by atoms with E-state index in [1.54, 1.807) is 20.1 Å². The quantitative estimate of drug-likeness (QED) is 0.197. The fourth-order valence-corrected chi connectivity index (χ4v) is 2.19. The first-order valence-electron chi connectivity index (χ1n) is 8.57. The van der Waals surface area contributed by atoms with E-state index in [0.29, 0.717) is 13.2 Å². The zero-order valence-electron chi connectivity index (χ0n) is 15.0. The summed E-state index contributed by atoms with van der Waals surface area (Å²) in [5.74, 6) is 4.46. The van der Waals surface area contributed by atoms with E-state index in [1.807, 2.05) is 24.3 Å². The van der Waals surface area contributed by atoms with Gasteiger partial charge in [0.15, 0.2) is 0 Å². The monoisotopic (exact) mass is 348 g/mol. The van der Waals surface area contributed by atoms with Gasteiger partial charge in [0.05, 0.1) is 18.7 Å². The maximum absolute atomic E-state index is 11.7. The summed E-state index contributed by atoms with van der Waals surface area (Å²) < 4.78 is 4.89. The first kappa shape index (κ1) is 20.5. The number of carbonyl (C=O) groups is 2. The second kappa shape index (κ2) is 11.9. The maximum Gasteiger partial charge on any atom is 0.314 e. The molecule has 138 valence electrons. The molecule has 0 heterocycles. The van der Waals surface area contributed by atoms with Crippen LogP contribution < -0.4 is 16.5 Å². The number of rotatable bonds is 10. The van der Waals surface area contributed by atoms with Crippen LogP contribution in [-0.2, 0) is 16.0 Å². The number of carbonyl (C=O) groups excluding carboxylic acids is 2. The average Bonchev–Trinajstić information content (AvgIpc) is 2.61. The summed E-state index contributed by atoms with van der Waals surface area (Å²) in [7, 11) is 0. The number of urea groups is 1. The van der Waals surface area contributed by atoms with Crippen LogP contribution in [0.25, 0.3) is 0 Å². The molecule has 0 aliphatic heterocycles. The van der Waals surface area contributed by atoms with Gasteiger partial charge in [0.1, 0.15) is 0 Å². The SMILES string of the molecule is CCOC(=O)C(C)CNC(=O)NCCCCc1ccc(/C=N/N)cc1. The molecule has 1 atom stereocenters. The molecule has 1 rings (SSSR count). The number of amides is 2. The van der Waals surface area contributed by atoms with Gasteiger partial charge in [-0.05, 0) is 37.3 Å². The number of nitrogens with zero attached hydrogens (tertiary/aromatic N) is 1. The minimum Gasteiger partial charge on any atom is -0.466 e. The second-order valence-corrected chi connectivity index (χ2v) is 5.77. The minimum atomic E-state index is -0.349. The predicted molar refractivity (Wildman–Crippen MR) is 98.4 cm³/mol. The third-order valence-corrected chi connectivity index (χ3v) is 3.64. The van der Waals surface area contributed by atoms with Gasteiger partial charge in [-0.3, -0.25) is 4.79 Å². The Bertz CT molecular complexity index is 558. The molecule has 0 aliphatic rings. The average molecular weight is 348 g/mol. The number of unbranched alkanes of at least 4 members (excludes halogenated alkanes) is 1. The van der Waals surface area contributed by atoms with Crippen molar-refractivity contribution in [1.29, 1.82) is 0 Å². The first-order chi connectivity index (χ1) is 12.1. The smallest absolute Gasteiger partial charge is 0.314 e. The van der Waals surface area contributed by atoms with Gasteiger partial charge in [-0.25, -0.2) is 4.79 Å². The first-order valence-corrected chi connectivity index (χ1v) is 8.57. The molecule has 0 saturated heterocycles. The lowest BCUT2D eigenvalue weighted by molar-refractivity contribution is -0.147. The molecule has 2 amide bonds. The van der Waals surface area contributed by atoms with E-state index in [1.165, 1.54) is 5.56 Å². The molecule has 0 aromatic heterocycles. The molecule has 0 spiro atoms. The molecule has 25 heavy (non-hydrogen) atoms. The molecule has 0 fully saturated rings. The minimum absolute atomic E-state index is 0.262. The van der Waals surface area contributed by atoms with Gasteiger partial charge in [0, 0.05) is 13.1 Å². The van der Waals surface area contributed by atoms with Crippen molar-refractivity contribution in [3.05, 3.63) is 35.4 Å². The molecule has 4 N–H and O–H groups in total. The normalized spacial score (nSPS) is 11.9. The van der Waals surface area contributed by atoms with Gasteiger partial charge in [-0.2, -0.15) is 5.10 Å². The van der Waals surface area contributed by atoms with E-state index in [2.05, 4.69) is 15.7 Å². The number of benzene rings is 1. The highest BCUT2D eigenvalue weighted by Gasteiger charge is 2.14. The Morgan fingerprint density at radius 1 is 1.24 bits per heavy atom. The summed E-state index contributed by atoms with van der Waals surface area (Å²) in [6, 6.07) is 7.79. The molecule has 0 radical (unpaired) electrons. The Balaban J connectivity index is 2.12. The van der Waals surface area contributed by atoms with Crippen LogP contribution in [0, 0.1) is 5.92 Å². The van der Waals surface area contributed by atoms with Crippen molar-refractivity contribution in [2.75, 3.05) is 19.7 Å². The van der Waals surface area contributed by atoms with E-state index < -0.39 is 0 Å². The van der Waals surface area contributed by atoms with Crippen molar-refractivity contribution < 1.29 is 14.3 Å². The van der Waals surface area contributed by atoms with E-state index in [9.17, 15) is 9.59 Å². The Labute approximate surface area is 149 Å². The molecule has 1 aromatic rings. The van der Waals surface area contributed by atoms with Gasteiger partial charge in [0.25, 0.3) is 0 Å². The lowest BCUT2D eigenvalue weighted by Crippen LogP contribution is -2.39. The number of hydrazone groups is 1. The lowest BCUT2D eigenvalue weighted by Gasteiger charge is -2.12. The second-order valence-electron chi connectivity index (χ2n) is 5.77. The molecular weight excluding hydrogens is 320 g/mol. The highest BCUT2D eigenvalue weighted by molar-refractivity contribution is 5.79. The lowest BCUT2D eigenvalue weighted by atomic mass is 10.1. The number of hydrogen-bond acceptors (Lipinski definition) is 5. The summed E-state index contributed by atoms with van der Waals surface area (Å²) in [6.45, 7) is 4.69. The summed E-state index contributed by atoms with van der Waals surface area (Å²) in [4.78, 5) is 23.1. The molecular formula is C18H28N4O3. The van der Waals surface area contributed by atoms with Crippen LogP contribution in [0.2, 0.25) is 0 Å². The standard InChI is InChI=1S/C18H28N4O3/c1-3-25-17(23)14(2)12-21-18(24)20-11-5-4-6-15-7-9-16(10-8-15)13-22-19/h7-10,13-14H,3-6,11-12,19H2,1-2H3,(H2,20,21,24)/b22-13+. The third kappa shape index (κ3) is 8.74. The fourth-order valence-electron chi connectivity index (χ4n) is 2.19. The van der Waals surface area contributed by atoms with Gasteiger partial charge < -0.3 is 21.2 Å². The number of ether oxygens (including phenoxy) is 1. The van der Waals surface area contributed by atoms with Gasteiger partial charge in [-0.1, -0.05) is 31.2 Å². The van der Waals surface area contributed by atoms with Crippen LogP contribution >= 0.6 is 0 Å². The summed E-state index contributed by atoms with van der Waals surface area (Å²) in [6.07, 6.45) is 4.41. The van der Waals surface area contributed by atoms with Crippen LogP contribution in [0.15, 0.2) is 29.4 Å². The van der Waals surface area contributed by atoms with Crippen molar-refractivity contribution >= 4 is 18.2 Å². The summed E-state index contributed by atoms with van der Waals surface area (Å²) in [5.41, 5.74) is 2.21. The van der Waals surface area contributed by atoms with Crippen LogP contribution in [0.5, 0.6) is 0 Å². The van der Waals surface area contributed by atoms with E-state index in [-0.39, 0.29) is 24.5 Å².